The van der Waals surface area contributed by atoms with Gasteiger partial charge in [0.15, 0.2) is 11.5 Å². The van der Waals surface area contributed by atoms with Crippen LogP contribution in [0.2, 0.25) is 0 Å². The average Bonchev–Trinajstić information content (AvgIpc) is 3.09. The Morgan fingerprint density at radius 3 is 2.88 bits per heavy atom. The van der Waals surface area contributed by atoms with Crippen LogP contribution in [0.15, 0.2) is 30.3 Å². The number of fused-ring (bicyclic) bond motifs is 2. The van der Waals surface area contributed by atoms with Gasteiger partial charge in [-0.15, -0.1) is 0 Å². The second-order valence-corrected chi connectivity index (χ2v) is 6.49. The van der Waals surface area contributed by atoms with Gasteiger partial charge in [0.1, 0.15) is 17.4 Å². The highest BCUT2D eigenvalue weighted by molar-refractivity contribution is 5.91. The monoisotopic (exact) mass is 351 g/mol. The number of anilines is 1. The van der Waals surface area contributed by atoms with E-state index in [4.69, 9.17) is 9.47 Å². The number of phenols is 1. The lowest BCUT2D eigenvalue weighted by Crippen LogP contribution is -2.10. The van der Waals surface area contributed by atoms with E-state index >= 15 is 0 Å². The van der Waals surface area contributed by atoms with Crippen molar-refractivity contribution in [1.82, 2.24) is 9.97 Å². The smallest absolute Gasteiger partial charge is 0.162 e. The van der Waals surface area contributed by atoms with E-state index in [1.54, 1.807) is 12.1 Å². The van der Waals surface area contributed by atoms with E-state index in [-0.39, 0.29) is 11.8 Å². The van der Waals surface area contributed by atoms with E-state index in [1.807, 2.05) is 13.0 Å². The SMILES string of the molecule is COc1cc2nc(C)nc(NC(C)c3ccc4c(c3)CCO4)c2cc1O. The van der Waals surface area contributed by atoms with Crippen molar-refractivity contribution in [2.45, 2.75) is 26.3 Å². The molecule has 26 heavy (non-hydrogen) atoms. The third-order valence-electron chi connectivity index (χ3n) is 4.67. The molecular weight excluding hydrogens is 330 g/mol. The minimum absolute atomic E-state index is 0.0441. The standard InChI is InChI=1S/C20H21N3O3/c1-11(13-4-5-18-14(8-13)6-7-26-18)21-20-15-9-17(24)19(25-3)10-16(15)22-12(2)23-20/h4-5,8-11,24H,6-7H2,1-3H3,(H,21,22,23). The quantitative estimate of drug-likeness (QED) is 0.745. The van der Waals surface area contributed by atoms with Crippen molar-refractivity contribution in [2.24, 2.45) is 0 Å². The maximum Gasteiger partial charge on any atom is 0.162 e. The summed E-state index contributed by atoms with van der Waals surface area (Å²) in [4.78, 5) is 8.99. The van der Waals surface area contributed by atoms with Crippen LogP contribution in [0.4, 0.5) is 5.82 Å². The van der Waals surface area contributed by atoms with Crippen LogP contribution >= 0.6 is 0 Å². The largest absolute Gasteiger partial charge is 0.504 e. The number of ether oxygens (including phenoxy) is 2. The van der Waals surface area contributed by atoms with E-state index in [0.29, 0.717) is 17.4 Å². The summed E-state index contributed by atoms with van der Waals surface area (Å²) in [5.41, 5.74) is 3.13. The molecule has 0 aliphatic carbocycles. The van der Waals surface area contributed by atoms with Gasteiger partial charge >= 0.3 is 0 Å². The Kier molecular flexibility index (Phi) is 4.03. The summed E-state index contributed by atoms with van der Waals surface area (Å²) in [6.45, 7) is 4.68. The fraction of sp³-hybridized carbons (Fsp3) is 0.300. The number of nitrogens with zero attached hydrogens (tertiary/aromatic N) is 2. The Hall–Kier alpha value is -3.02. The molecule has 0 amide bonds. The fourth-order valence-corrected chi connectivity index (χ4v) is 3.30. The molecule has 2 aromatic carbocycles. The maximum atomic E-state index is 10.1. The van der Waals surface area contributed by atoms with Gasteiger partial charge < -0.3 is 19.9 Å². The van der Waals surface area contributed by atoms with Crippen molar-refractivity contribution in [1.29, 1.82) is 0 Å². The third-order valence-corrected chi connectivity index (χ3v) is 4.67. The van der Waals surface area contributed by atoms with Crippen LogP contribution < -0.4 is 14.8 Å². The molecule has 0 radical (unpaired) electrons. The molecule has 1 aromatic heterocycles. The van der Waals surface area contributed by atoms with Gasteiger partial charge in [-0.25, -0.2) is 9.97 Å². The first kappa shape index (κ1) is 16.4. The summed E-state index contributed by atoms with van der Waals surface area (Å²) in [6.07, 6.45) is 0.944. The molecule has 1 aliphatic rings. The first-order chi connectivity index (χ1) is 12.5. The van der Waals surface area contributed by atoms with Crippen molar-refractivity contribution in [3.8, 4) is 17.2 Å². The highest BCUT2D eigenvalue weighted by atomic mass is 16.5. The first-order valence-corrected chi connectivity index (χ1v) is 8.62. The van der Waals surface area contributed by atoms with Crippen LogP contribution in [0.5, 0.6) is 17.2 Å². The zero-order valence-corrected chi connectivity index (χ0v) is 15.0. The molecule has 0 saturated heterocycles. The number of aromatic hydroxyl groups is 1. The fourth-order valence-electron chi connectivity index (χ4n) is 3.30. The summed E-state index contributed by atoms with van der Waals surface area (Å²) < 4.78 is 10.8. The van der Waals surface area contributed by atoms with Crippen molar-refractivity contribution in [3.05, 3.63) is 47.3 Å². The van der Waals surface area contributed by atoms with Crippen molar-refractivity contribution < 1.29 is 14.6 Å². The molecule has 3 aromatic rings. The van der Waals surface area contributed by atoms with Gasteiger partial charge in [-0.05, 0) is 43.2 Å². The number of benzene rings is 2. The second-order valence-electron chi connectivity index (χ2n) is 6.49. The van der Waals surface area contributed by atoms with Crippen LogP contribution in [0.25, 0.3) is 10.9 Å². The Labute approximate surface area is 151 Å². The van der Waals surface area contributed by atoms with Crippen LogP contribution in [-0.4, -0.2) is 28.8 Å². The van der Waals surface area contributed by atoms with E-state index in [9.17, 15) is 5.11 Å². The number of methoxy groups -OCH3 is 1. The molecule has 2 N–H and O–H groups in total. The summed E-state index contributed by atoms with van der Waals surface area (Å²) in [5, 5.41) is 14.3. The molecule has 2 heterocycles. The van der Waals surface area contributed by atoms with Crippen LogP contribution in [0.3, 0.4) is 0 Å². The Morgan fingerprint density at radius 1 is 1.23 bits per heavy atom. The minimum Gasteiger partial charge on any atom is -0.504 e. The second kappa shape index (κ2) is 6.37. The lowest BCUT2D eigenvalue weighted by atomic mass is 10.0. The maximum absolute atomic E-state index is 10.1. The molecule has 1 atom stereocenters. The zero-order valence-electron chi connectivity index (χ0n) is 15.0. The molecule has 134 valence electrons. The van der Waals surface area contributed by atoms with Gasteiger partial charge in [0, 0.05) is 23.9 Å². The van der Waals surface area contributed by atoms with Gasteiger partial charge in [0.2, 0.25) is 0 Å². The van der Waals surface area contributed by atoms with Crippen molar-refractivity contribution in [3.63, 3.8) is 0 Å². The van der Waals surface area contributed by atoms with Crippen LogP contribution in [0, 0.1) is 6.92 Å². The van der Waals surface area contributed by atoms with E-state index in [1.165, 1.54) is 12.7 Å². The molecule has 4 rings (SSSR count). The van der Waals surface area contributed by atoms with E-state index in [0.717, 1.165) is 35.2 Å². The molecule has 0 spiro atoms. The van der Waals surface area contributed by atoms with E-state index < -0.39 is 0 Å². The number of aromatic nitrogens is 2. The van der Waals surface area contributed by atoms with E-state index in [2.05, 4.69) is 34.3 Å². The third kappa shape index (κ3) is 2.87. The molecule has 6 nitrogen and oxygen atoms in total. The summed E-state index contributed by atoms with van der Waals surface area (Å²) in [7, 11) is 1.52. The predicted molar refractivity (Wildman–Crippen MR) is 100 cm³/mol. The molecule has 0 fully saturated rings. The Balaban J connectivity index is 1.71. The lowest BCUT2D eigenvalue weighted by molar-refractivity contribution is 0.357. The first-order valence-electron chi connectivity index (χ1n) is 8.62. The Bertz CT molecular complexity index is 988. The van der Waals surface area contributed by atoms with Crippen LogP contribution in [-0.2, 0) is 6.42 Å². The molecular formula is C20H21N3O3. The molecule has 0 bridgehead atoms. The average molecular weight is 351 g/mol. The molecule has 0 saturated carbocycles. The van der Waals surface area contributed by atoms with Gasteiger partial charge in [-0.3, -0.25) is 0 Å². The van der Waals surface area contributed by atoms with Gasteiger partial charge in [0.25, 0.3) is 0 Å². The summed E-state index contributed by atoms with van der Waals surface area (Å²) >= 11 is 0. The number of hydrogen-bond donors (Lipinski definition) is 2. The summed E-state index contributed by atoms with van der Waals surface area (Å²) in [5.74, 6) is 2.78. The number of hydrogen-bond acceptors (Lipinski definition) is 6. The number of rotatable bonds is 4. The van der Waals surface area contributed by atoms with Crippen molar-refractivity contribution in [2.75, 3.05) is 19.0 Å². The summed E-state index contributed by atoms with van der Waals surface area (Å²) in [6, 6.07) is 9.68. The molecule has 1 unspecified atom stereocenters. The van der Waals surface area contributed by atoms with Crippen LogP contribution in [0.1, 0.15) is 29.9 Å². The minimum atomic E-state index is 0.0441. The van der Waals surface area contributed by atoms with Gasteiger partial charge in [0.05, 0.1) is 19.2 Å². The number of nitrogens with one attached hydrogen (secondary N) is 1. The highest BCUT2D eigenvalue weighted by Gasteiger charge is 2.17. The Morgan fingerprint density at radius 2 is 2.08 bits per heavy atom. The molecule has 1 aliphatic heterocycles. The van der Waals surface area contributed by atoms with Gasteiger partial charge in [-0.1, -0.05) is 6.07 Å². The normalized spacial score (nSPS) is 14.0. The molecule has 6 heteroatoms. The van der Waals surface area contributed by atoms with Crippen molar-refractivity contribution >= 4 is 16.7 Å². The highest BCUT2D eigenvalue weighted by Crippen LogP contribution is 2.35. The number of aryl methyl sites for hydroxylation is 1. The topological polar surface area (TPSA) is 76.5 Å². The predicted octanol–water partition coefficient (Wildman–Crippen LogP) is 3.76. The lowest BCUT2D eigenvalue weighted by Gasteiger charge is -2.18. The zero-order chi connectivity index (χ0) is 18.3. The van der Waals surface area contributed by atoms with Gasteiger partial charge in [-0.2, -0.15) is 0 Å². The number of phenolic OH excluding ortho intramolecular Hbond substituents is 1.